The van der Waals surface area contributed by atoms with Crippen molar-refractivity contribution < 1.29 is 19.0 Å². The molecule has 1 aliphatic rings. The number of hydrogen-bond acceptors (Lipinski definition) is 6. The maximum absolute atomic E-state index is 12.3. The molecule has 8 heteroatoms. The zero-order valence-electron chi connectivity index (χ0n) is 17.0. The fourth-order valence-electron chi connectivity index (χ4n) is 3.28. The van der Waals surface area contributed by atoms with Crippen LogP contribution >= 0.6 is 0 Å². The number of aromatic nitrogens is 2. The summed E-state index contributed by atoms with van der Waals surface area (Å²) >= 11 is 0. The van der Waals surface area contributed by atoms with Crippen LogP contribution in [0, 0.1) is 13.8 Å². The number of benzene rings is 1. The van der Waals surface area contributed by atoms with Crippen molar-refractivity contribution >= 4 is 5.91 Å². The number of H-pyrrole nitrogens is 1. The molecule has 8 nitrogen and oxygen atoms in total. The molecule has 0 saturated carbocycles. The largest absolute Gasteiger partial charge is 0.493 e. The molecule has 0 radical (unpaired) electrons. The molecule has 1 saturated heterocycles. The van der Waals surface area contributed by atoms with Crippen LogP contribution in [0.15, 0.2) is 23.0 Å². The molecule has 0 aliphatic carbocycles. The van der Waals surface area contributed by atoms with Crippen LogP contribution in [0.25, 0.3) is 0 Å². The Morgan fingerprint density at radius 2 is 2.17 bits per heavy atom. The highest BCUT2D eigenvalue weighted by Gasteiger charge is 2.17. The van der Waals surface area contributed by atoms with Gasteiger partial charge in [-0.2, -0.15) is 0 Å². The minimum Gasteiger partial charge on any atom is -0.493 e. The summed E-state index contributed by atoms with van der Waals surface area (Å²) in [6.45, 7) is 5.03. The molecule has 29 heavy (non-hydrogen) atoms. The molecule has 1 aromatic carbocycles. The van der Waals surface area contributed by atoms with Gasteiger partial charge in [-0.05, 0) is 44.4 Å². The highest BCUT2D eigenvalue weighted by atomic mass is 16.5. The van der Waals surface area contributed by atoms with Crippen molar-refractivity contribution in [3.05, 3.63) is 51.2 Å². The predicted molar refractivity (Wildman–Crippen MR) is 107 cm³/mol. The van der Waals surface area contributed by atoms with E-state index in [1.165, 1.54) is 0 Å². The van der Waals surface area contributed by atoms with Crippen molar-refractivity contribution in [1.82, 2.24) is 15.3 Å². The van der Waals surface area contributed by atoms with Crippen LogP contribution < -0.4 is 20.3 Å². The minimum atomic E-state index is -0.278. The van der Waals surface area contributed by atoms with Gasteiger partial charge in [-0.1, -0.05) is 6.07 Å². The van der Waals surface area contributed by atoms with E-state index in [1.54, 1.807) is 21.0 Å². The Hall–Kier alpha value is -2.87. The van der Waals surface area contributed by atoms with E-state index < -0.39 is 0 Å². The molecule has 0 unspecified atom stereocenters. The summed E-state index contributed by atoms with van der Waals surface area (Å²) in [6, 6.07) is 5.53. The number of carbonyl (C=O) groups is 1. The number of aryl methyl sites for hydroxylation is 2. The fraction of sp³-hybridized carbons (Fsp3) is 0.476. The molecule has 1 aliphatic heterocycles. The van der Waals surface area contributed by atoms with E-state index in [1.807, 2.05) is 18.2 Å². The first-order valence-electron chi connectivity index (χ1n) is 9.70. The summed E-state index contributed by atoms with van der Waals surface area (Å²) in [4.78, 5) is 31.2. The molecule has 2 N–H and O–H groups in total. The average molecular weight is 401 g/mol. The van der Waals surface area contributed by atoms with E-state index in [2.05, 4.69) is 15.3 Å². The van der Waals surface area contributed by atoms with Crippen molar-refractivity contribution in [2.24, 2.45) is 0 Å². The number of amides is 1. The number of hydrogen-bond donors (Lipinski definition) is 2. The van der Waals surface area contributed by atoms with Gasteiger partial charge in [0, 0.05) is 24.4 Å². The number of ether oxygens (including phenoxy) is 3. The van der Waals surface area contributed by atoms with E-state index in [0.29, 0.717) is 41.7 Å². The zero-order valence-corrected chi connectivity index (χ0v) is 17.0. The summed E-state index contributed by atoms with van der Waals surface area (Å²) in [5.41, 5.74) is 1.53. The molecule has 3 rings (SSSR count). The maximum Gasteiger partial charge on any atom is 0.254 e. The lowest BCUT2D eigenvalue weighted by atomic mass is 10.1. The Kier molecular flexibility index (Phi) is 6.87. The molecule has 156 valence electrons. The predicted octanol–water partition coefficient (Wildman–Crippen LogP) is 1.81. The third-order valence-electron chi connectivity index (χ3n) is 4.84. The summed E-state index contributed by atoms with van der Waals surface area (Å²) in [5, 5.41) is 2.83. The van der Waals surface area contributed by atoms with Gasteiger partial charge in [0.25, 0.3) is 5.56 Å². The van der Waals surface area contributed by atoms with Gasteiger partial charge < -0.3 is 24.5 Å². The van der Waals surface area contributed by atoms with Crippen LogP contribution in [0.4, 0.5) is 0 Å². The highest BCUT2D eigenvalue weighted by Crippen LogP contribution is 2.29. The lowest BCUT2D eigenvalue weighted by Gasteiger charge is -2.15. The average Bonchev–Trinajstić information content (AvgIpc) is 3.21. The van der Waals surface area contributed by atoms with Gasteiger partial charge in [-0.15, -0.1) is 0 Å². The topological polar surface area (TPSA) is 103 Å². The van der Waals surface area contributed by atoms with Crippen LogP contribution in [0.5, 0.6) is 11.5 Å². The number of methoxy groups -OCH3 is 1. The van der Waals surface area contributed by atoms with E-state index in [9.17, 15) is 9.59 Å². The Labute approximate surface area is 169 Å². The number of nitrogens with zero attached hydrogens (tertiary/aromatic N) is 1. The van der Waals surface area contributed by atoms with Crippen LogP contribution in [0.3, 0.4) is 0 Å². The Morgan fingerprint density at radius 1 is 1.34 bits per heavy atom. The zero-order chi connectivity index (χ0) is 20.8. The van der Waals surface area contributed by atoms with E-state index in [-0.39, 0.29) is 24.0 Å². The monoisotopic (exact) mass is 401 g/mol. The molecule has 1 aromatic heterocycles. The van der Waals surface area contributed by atoms with Crippen molar-refractivity contribution in [2.45, 2.75) is 45.8 Å². The van der Waals surface area contributed by atoms with E-state index in [0.717, 1.165) is 25.0 Å². The molecule has 1 amide bonds. The van der Waals surface area contributed by atoms with Gasteiger partial charge in [-0.3, -0.25) is 9.59 Å². The molecular formula is C21H27N3O5. The second kappa shape index (κ2) is 9.56. The number of aromatic amines is 1. The molecule has 0 bridgehead atoms. The SMILES string of the molecule is COc1cc(CNC(=O)Cc2c(C)nc(C)[nH]c2=O)ccc1OC[C@H]1CCCO1. The molecule has 2 heterocycles. The van der Waals surface area contributed by atoms with Gasteiger partial charge in [0.2, 0.25) is 5.91 Å². The molecule has 1 atom stereocenters. The lowest BCUT2D eigenvalue weighted by molar-refractivity contribution is -0.120. The highest BCUT2D eigenvalue weighted by molar-refractivity contribution is 5.78. The Morgan fingerprint density at radius 3 is 2.86 bits per heavy atom. The Bertz CT molecular complexity index is 919. The van der Waals surface area contributed by atoms with Crippen molar-refractivity contribution in [2.75, 3.05) is 20.3 Å². The van der Waals surface area contributed by atoms with Crippen LogP contribution in [-0.4, -0.2) is 42.3 Å². The summed E-state index contributed by atoms with van der Waals surface area (Å²) < 4.78 is 16.8. The van der Waals surface area contributed by atoms with Gasteiger partial charge in [0.05, 0.1) is 19.6 Å². The second-order valence-electron chi connectivity index (χ2n) is 7.10. The van der Waals surface area contributed by atoms with Gasteiger partial charge in [0.1, 0.15) is 12.4 Å². The van der Waals surface area contributed by atoms with Gasteiger partial charge in [-0.25, -0.2) is 4.98 Å². The van der Waals surface area contributed by atoms with Crippen LogP contribution in [0.2, 0.25) is 0 Å². The quantitative estimate of drug-likeness (QED) is 0.699. The second-order valence-corrected chi connectivity index (χ2v) is 7.10. The molecule has 0 spiro atoms. The normalized spacial score (nSPS) is 15.9. The van der Waals surface area contributed by atoms with Crippen molar-refractivity contribution in [3.8, 4) is 11.5 Å². The third kappa shape index (κ3) is 5.57. The molecule has 2 aromatic rings. The lowest BCUT2D eigenvalue weighted by Crippen LogP contribution is -2.29. The summed E-state index contributed by atoms with van der Waals surface area (Å²) in [5.74, 6) is 1.53. The van der Waals surface area contributed by atoms with Crippen LogP contribution in [-0.2, 0) is 22.5 Å². The first-order chi connectivity index (χ1) is 14.0. The van der Waals surface area contributed by atoms with E-state index >= 15 is 0 Å². The number of nitrogens with one attached hydrogen (secondary N) is 2. The van der Waals surface area contributed by atoms with Crippen molar-refractivity contribution in [3.63, 3.8) is 0 Å². The minimum absolute atomic E-state index is 0.0197. The molecular weight excluding hydrogens is 374 g/mol. The third-order valence-corrected chi connectivity index (χ3v) is 4.84. The van der Waals surface area contributed by atoms with Crippen molar-refractivity contribution in [1.29, 1.82) is 0 Å². The first-order valence-corrected chi connectivity index (χ1v) is 9.70. The van der Waals surface area contributed by atoms with E-state index in [4.69, 9.17) is 14.2 Å². The van der Waals surface area contributed by atoms with Crippen LogP contribution in [0.1, 0.15) is 35.5 Å². The molecule has 1 fully saturated rings. The first kappa shape index (κ1) is 20.9. The van der Waals surface area contributed by atoms with Gasteiger partial charge in [0.15, 0.2) is 11.5 Å². The maximum atomic E-state index is 12.3. The number of carbonyl (C=O) groups excluding carboxylic acids is 1. The Balaban J connectivity index is 1.57. The summed E-state index contributed by atoms with van der Waals surface area (Å²) in [7, 11) is 1.58. The standard InChI is InChI=1S/C21H27N3O5/c1-13-17(21(26)24-14(2)23-13)10-20(25)22-11-15-6-7-18(19(9-15)27-3)29-12-16-5-4-8-28-16/h6-7,9,16H,4-5,8,10-12H2,1-3H3,(H,22,25)(H,23,24,26)/t16-/m1/s1. The number of rotatable bonds is 8. The smallest absolute Gasteiger partial charge is 0.254 e. The fourth-order valence-corrected chi connectivity index (χ4v) is 3.28. The van der Waals surface area contributed by atoms with Gasteiger partial charge >= 0.3 is 0 Å². The summed E-state index contributed by atoms with van der Waals surface area (Å²) in [6.07, 6.45) is 2.18.